The van der Waals surface area contributed by atoms with Gasteiger partial charge in [-0.05, 0) is 11.1 Å². The van der Waals surface area contributed by atoms with Crippen LogP contribution in [0.2, 0.25) is 0 Å². The fraction of sp³-hybridized carbons (Fsp3) is 0. The van der Waals surface area contributed by atoms with Gasteiger partial charge in [0.25, 0.3) is 11.8 Å². The zero-order valence-corrected chi connectivity index (χ0v) is 22.2. The molecule has 210 valence electrons. The van der Waals surface area contributed by atoms with E-state index in [0.717, 1.165) is 0 Å². The molecule has 0 spiro atoms. The van der Waals surface area contributed by atoms with Gasteiger partial charge in [0.15, 0.2) is 0 Å². The number of hydrogen-bond donors (Lipinski definition) is 2. The largest absolute Gasteiger partial charge is 2.00 e. The number of carbonyl (C=O) groups excluding carboxylic acids is 2. The summed E-state index contributed by atoms with van der Waals surface area (Å²) in [5.74, 6) is -2.34. The molecule has 2 radical (unpaired) electrons. The molecule has 0 aliphatic heterocycles. The van der Waals surface area contributed by atoms with Crippen molar-refractivity contribution in [3.8, 4) is 23.0 Å². The molecule has 0 aliphatic rings. The second kappa shape index (κ2) is 17.1. The van der Waals surface area contributed by atoms with Crippen molar-refractivity contribution in [1.82, 2.24) is 10.9 Å². The monoisotopic (exact) mass is 634 g/mol. The minimum atomic E-state index is -0.606. The van der Waals surface area contributed by atoms with E-state index in [-0.39, 0.29) is 68.3 Å². The van der Waals surface area contributed by atoms with Gasteiger partial charge in [-0.2, -0.15) is 10.2 Å². The molecule has 40 heavy (non-hydrogen) atoms. The van der Waals surface area contributed by atoms with E-state index in [4.69, 9.17) is 0 Å². The SMILES string of the molecule is O=C(N/N=C/c1ccccc1[O-])c1ccccc1[O-].O=C(N/N=C/c1ccccc1[O-])c1ccccc1[O-].[Cu+2].[Cu+2]. The van der Waals surface area contributed by atoms with E-state index in [1.165, 1.54) is 48.8 Å². The Bertz CT molecular complexity index is 1370. The molecule has 4 rings (SSSR count). The number of nitrogens with zero attached hydrogens (tertiary/aromatic N) is 2. The van der Waals surface area contributed by atoms with Crippen molar-refractivity contribution >= 4 is 24.2 Å². The molecule has 0 unspecified atom stereocenters. The van der Waals surface area contributed by atoms with Crippen LogP contribution in [0.25, 0.3) is 0 Å². The van der Waals surface area contributed by atoms with Crippen LogP contribution >= 0.6 is 0 Å². The maximum Gasteiger partial charge on any atom is 2.00 e. The van der Waals surface area contributed by atoms with Gasteiger partial charge in [-0.3, -0.25) is 9.59 Å². The Hall–Kier alpha value is -4.60. The summed E-state index contributed by atoms with van der Waals surface area (Å²) in [7, 11) is 0. The summed E-state index contributed by atoms with van der Waals surface area (Å²) < 4.78 is 0. The van der Waals surface area contributed by atoms with Crippen LogP contribution in [-0.2, 0) is 34.1 Å². The second-order valence-corrected chi connectivity index (χ2v) is 7.47. The molecule has 0 heterocycles. The summed E-state index contributed by atoms with van der Waals surface area (Å²) in [6.45, 7) is 0. The van der Waals surface area contributed by atoms with Crippen LogP contribution in [0.3, 0.4) is 0 Å². The number of amides is 2. The number of hydrazone groups is 2. The smallest absolute Gasteiger partial charge is 0.872 e. The normalized spacial score (nSPS) is 10.0. The van der Waals surface area contributed by atoms with E-state index in [2.05, 4.69) is 21.1 Å². The Morgan fingerprint density at radius 2 is 0.800 bits per heavy atom. The molecule has 0 saturated carbocycles. The molecule has 0 aliphatic carbocycles. The Morgan fingerprint density at radius 1 is 0.500 bits per heavy atom. The molecule has 0 saturated heterocycles. The zero-order valence-electron chi connectivity index (χ0n) is 20.3. The van der Waals surface area contributed by atoms with E-state index in [1.807, 2.05) is 0 Å². The van der Waals surface area contributed by atoms with Gasteiger partial charge in [-0.15, -0.1) is 0 Å². The number of para-hydroxylation sites is 4. The Balaban J connectivity index is 0.000000381. The zero-order chi connectivity index (χ0) is 27.3. The summed E-state index contributed by atoms with van der Waals surface area (Å²) in [5, 5.41) is 52.8. The van der Waals surface area contributed by atoms with Gasteiger partial charge in [0.1, 0.15) is 0 Å². The third kappa shape index (κ3) is 9.94. The molecule has 4 aromatic rings. The standard InChI is InChI=1S/2C14H12N2O3.2Cu/c2*17-12-7-3-1-5-10(12)9-15-16-14(19)11-6-2-4-8-13(11)18;;/h2*1-9,17-18H,(H,16,19);;/q;;2*+2/p-4/b2*15-9+;;. The maximum absolute atomic E-state index is 11.6. The van der Waals surface area contributed by atoms with E-state index in [9.17, 15) is 30.0 Å². The first-order valence-corrected chi connectivity index (χ1v) is 11.1. The Labute approximate surface area is 251 Å². The fourth-order valence-electron chi connectivity index (χ4n) is 2.92. The van der Waals surface area contributed by atoms with Crippen molar-refractivity contribution in [1.29, 1.82) is 0 Å². The van der Waals surface area contributed by atoms with Gasteiger partial charge < -0.3 is 20.4 Å². The molecular weight excluding hydrogens is 615 g/mol. The van der Waals surface area contributed by atoms with E-state index >= 15 is 0 Å². The van der Waals surface area contributed by atoms with E-state index < -0.39 is 11.8 Å². The van der Waals surface area contributed by atoms with Crippen LogP contribution in [0.15, 0.2) is 107 Å². The molecule has 10 nitrogen and oxygen atoms in total. The minimum Gasteiger partial charge on any atom is -0.872 e. The Morgan fingerprint density at radius 3 is 1.12 bits per heavy atom. The summed E-state index contributed by atoms with van der Waals surface area (Å²) >= 11 is 0. The number of nitrogens with one attached hydrogen (secondary N) is 2. The van der Waals surface area contributed by atoms with Crippen LogP contribution in [0.1, 0.15) is 31.8 Å². The quantitative estimate of drug-likeness (QED) is 0.183. The molecule has 0 fully saturated rings. The van der Waals surface area contributed by atoms with Crippen LogP contribution in [-0.4, -0.2) is 24.2 Å². The van der Waals surface area contributed by atoms with Crippen LogP contribution in [0.4, 0.5) is 0 Å². The number of carbonyl (C=O) groups is 2. The van der Waals surface area contributed by atoms with Gasteiger partial charge in [-0.1, -0.05) is 120 Å². The molecular formula is C28H20Cu2N4O6. The number of hydrogen-bond acceptors (Lipinski definition) is 8. The van der Waals surface area contributed by atoms with Crippen molar-refractivity contribution in [3.63, 3.8) is 0 Å². The first kappa shape index (κ1) is 33.4. The summed E-state index contributed by atoms with van der Waals surface area (Å²) in [4.78, 5) is 23.3. The van der Waals surface area contributed by atoms with Gasteiger partial charge in [0.2, 0.25) is 0 Å². The third-order valence-electron chi connectivity index (χ3n) is 4.84. The molecule has 2 N–H and O–H groups in total. The predicted octanol–water partition coefficient (Wildman–Crippen LogP) is 1.19. The van der Waals surface area contributed by atoms with Crippen molar-refractivity contribution in [2.24, 2.45) is 10.2 Å². The van der Waals surface area contributed by atoms with E-state index in [1.54, 1.807) is 60.7 Å². The minimum absolute atomic E-state index is 0. The average Bonchev–Trinajstić information content (AvgIpc) is 2.91. The van der Waals surface area contributed by atoms with Crippen LogP contribution in [0.5, 0.6) is 23.0 Å². The summed E-state index contributed by atoms with van der Waals surface area (Å²) in [6, 6.07) is 24.3. The average molecular weight is 636 g/mol. The number of rotatable bonds is 6. The Kier molecular flexibility index (Phi) is 14.3. The first-order valence-electron chi connectivity index (χ1n) is 11.1. The van der Waals surface area contributed by atoms with Gasteiger partial charge in [-0.25, -0.2) is 10.9 Å². The van der Waals surface area contributed by atoms with Crippen LogP contribution in [0, 0.1) is 0 Å². The molecule has 0 aromatic heterocycles. The van der Waals surface area contributed by atoms with Crippen molar-refractivity contribution in [2.75, 3.05) is 0 Å². The van der Waals surface area contributed by atoms with Gasteiger partial charge in [0, 0.05) is 11.1 Å². The molecule has 12 heteroatoms. The molecule has 4 aromatic carbocycles. The molecule has 2 amide bonds. The summed E-state index contributed by atoms with van der Waals surface area (Å²) in [5.41, 5.74) is 5.15. The topological polar surface area (TPSA) is 175 Å². The van der Waals surface area contributed by atoms with Crippen LogP contribution < -0.4 is 31.3 Å². The predicted molar refractivity (Wildman–Crippen MR) is 134 cm³/mol. The summed E-state index contributed by atoms with van der Waals surface area (Å²) in [6.07, 6.45) is 2.49. The maximum atomic E-state index is 11.6. The molecule has 0 bridgehead atoms. The van der Waals surface area contributed by atoms with Gasteiger partial charge in [0.05, 0.1) is 12.4 Å². The second-order valence-electron chi connectivity index (χ2n) is 7.47. The molecule has 0 atom stereocenters. The van der Waals surface area contributed by atoms with Crippen molar-refractivity contribution < 1.29 is 64.2 Å². The van der Waals surface area contributed by atoms with Crippen molar-refractivity contribution in [2.45, 2.75) is 0 Å². The van der Waals surface area contributed by atoms with E-state index in [0.29, 0.717) is 11.1 Å². The van der Waals surface area contributed by atoms with Crippen molar-refractivity contribution in [3.05, 3.63) is 119 Å². The third-order valence-corrected chi connectivity index (χ3v) is 4.84. The number of benzene rings is 4. The van der Waals surface area contributed by atoms with Gasteiger partial charge >= 0.3 is 34.1 Å². The first-order chi connectivity index (χ1) is 18.4. The fourth-order valence-corrected chi connectivity index (χ4v) is 2.92.